The fourth-order valence-corrected chi connectivity index (χ4v) is 2.47. The molecule has 2 heteroatoms. The van der Waals surface area contributed by atoms with Gasteiger partial charge in [0.05, 0.1) is 11.7 Å². The lowest BCUT2D eigenvalue weighted by atomic mass is 9.82. The average Bonchev–Trinajstić information content (AvgIpc) is 2.24. The molecular formula is C14H28O2. The van der Waals surface area contributed by atoms with Crippen LogP contribution >= 0.6 is 0 Å². The minimum atomic E-state index is -0.444. The minimum Gasteiger partial charge on any atom is -0.390 e. The van der Waals surface area contributed by atoms with Crippen LogP contribution in [0.2, 0.25) is 0 Å². The molecule has 1 fully saturated rings. The van der Waals surface area contributed by atoms with Crippen molar-refractivity contribution in [2.24, 2.45) is 5.92 Å². The first-order valence-corrected chi connectivity index (χ1v) is 6.91. The summed E-state index contributed by atoms with van der Waals surface area (Å²) in [5.74, 6) is 0.516. The van der Waals surface area contributed by atoms with Gasteiger partial charge in [-0.1, -0.05) is 46.5 Å². The highest BCUT2D eigenvalue weighted by atomic mass is 16.5. The molecule has 0 aliphatic carbocycles. The summed E-state index contributed by atoms with van der Waals surface area (Å²) in [4.78, 5) is 0. The van der Waals surface area contributed by atoms with Gasteiger partial charge in [0.15, 0.2) is 0 Å². The van der Waals surface area contributed by atoms with E-state index in [1.165, 1.54) is 19.3 Å². The Kier molecular flexibility index (Phi) is 5.77. The summed E-state index contributed by atoms with van der Waals surface area (Å²) in [5.41, 5.74) is -0.444. The van der Waals surface area contributed by atoms with Crippen molar-refractivity contribution in [2.75, 3.05) is 6.61 Å². The van der Waals surface area contributed by atoms with Crippen molar-refractivity contribution < 1.29 is 9.84 Å². The van der Waals surface area contributed by atoms with Crippen LogP contribution in [0.5, 0.6) is 0 Å². The molecule has 1 heterocycles. The molecule has 1 saturated heterocycles. The van der Waals surface area contributed by atoms with Crippen LogP contribution in [0, 0.1) is 5.92 Å². The molecule has 16 heavy (non-hydrogen) atoms. The zero-order chi connectivity index (χ0) is 12.0. The van der Waals surface area contributed by atoms with Crippen LogP contribution in [0.15, 0.2) is 0 Å². The molecule has 0 amide bonds. The van der Waals surface area contributed by atoms with E-state index in [9.17, 15) is 5.11 Å². The van der Waals surface area contributed by atoms with Gasteiger partial charge in [-0.15, -0.1) is 0 Å². The Balaban J connectivity index is 2.31. The van der Waals surface area contributed by atoms with Crippen molar-refractivity contribution >= 4 is 0 Å². The van der Waals surface area contributed by atoms with Gasteiger partial charge in [0.2, 0.25) is 0 Å². The SMILES string of the molecule is CCCCCCC1(O)CCOC(C(C)C)C1. The Hall–Kier alpha value is -0.0800. The van der Waals surface area contributed by atoms with E-state index >= 15 is 0 Å². The second kappa shape index (κ2) is 6.61. The lowest BCUT2D eigenvalue weighted by molar-refractivity contribution is -0.120. The van der Waals surface area contributed by atoms with Crippen LogP contribution in [-0.4, -0.2) is 23.4 Å². The molecule has 2 atom stereocenters. The summed E-state index contributed by atoms with van der Waals surface area (Å²) in [6.07, 6.45) is 7.83. The Morgan fingerprint density at radius 1 is 1.31 bits per heavy atom. The number of hydrogen-bond acceptors (Lipinski definition) is 2. The summed E-state index contributed by atoms with van der Waals surface area (Å²) in [7, 11) is 0. The summed E-state index contributed by atoms with van der Waals surface area (Å²) in [6, 6.07) is 0. The van der Waals surface area contributed by atoms with Crippen molar-refractivity contribution in [3.8, 4) is 0 Å². The normalized spacial score (nSPS) is 30.9. The lowest BCUT2D eigenvalue weighted by Gasteiger charge is -2.38. The van der Waals surface area contributed by atoms with Gasteiger partial charge in [0.1, 0.15) is 0 Å². The van der Waals surface area contributed by atoms with Crippen molar-refractivity contribution in [1.82, 2.24) is 0 Å². The predicted octanol–water partition coefficient (Wildman–Crippen LogP) is 3.52. The van der Waals surface area contributed by atoms with E-state index in [0.717, 1.165) is 32.3 Å². The van der Waals surface area contributed by atoms with Gasteiger partial charge in [-0.25, -0.2) is 0 Å². The zero-order valence-corrected chi connectivity index (χ0v) is 11.2. The van der Waals surface area contributed by atoms with E-state index in [1.807, 2.05) is 0 Å². The summed E-state index contributed by atoms with van der Waals surface area (Å²) >= 11 is 0. The highest BCUT2D eigenvalue weighted by molar-refractivity contribution is 4.86. The average molecular weight is 228 g/mol. The van der Waals surface area contributed by atoms with Gasteiger partial charge in [-0.2, -0.15) is 0 Å². The predicted molar refractivity (Wildman–Crippen MR) is 67.5 cm³/mol. The van der Waals surface area contributed by atoms with E-state index in [0.29, 0.717) is 5.92 Å². The molecule has 1 aliphatic heterocycles. The molecule has 0 aromatic heterocycles. The second-order valence-electron chi connectivity index (χ2n) is 5.64. The fraction of sp³-hybridized carbons (Fsp3) is 1.00. The molecule has 0 spiro atoms. The monoisotopic (exact) mass is 228 g/mol. The largest absolute Gasteiger partial charge is 0.390 e. The molecule has 2 unspecified atom stereocenters. The van der Waals surface area contributed by atoms with Crippen LogP contribution in [0.1, 0.15) is 65.7 Å². The molecule has 0 bridgehead atoms. The Labute approximate surface area is 100 Å². The molecule has 96 valence electrons. The van der Waals surface area contributed by atoms with Gasteiger partial charge < -0.3 is 9.84 Å². The van der Waals surface area contributed by atoms with Gasteiger partial charge in [0.25, 0.3) is 0 Å². The first kappa shape index (κ1) is 14.0. The molecule has 1 rings (SSSR count). The van der Waals surface area contributed by atoms with Crippen molar-refractivity contribution in [3.05, 3.63) is 0 Å². The number of unbranched alkanes of at least 4 members (excludes halogenated alkanes) is 3. The van der Waals surface area contributed by atoms with Crippen LogP contribution in [0.3, 0.4) is 0 Å². The third-order valence-corrected chi connectivity index (χ3v) is 3.72. The molecule has 1 N–H and O–H groups in total. The number of ether oxygens (including phenoxy) is 1. The number of rotatable bonds is 6. The molecule has 0 radical (unpaired) electrons. The standard InChI is InChI=1S/C14H28O2/c1-4-5-6-7-8-14(15)9-10-16-13(11-14)12(2)3/h12-13,15H,4-11H2,1-3H3. The highest BCUT2D eigenvalue weighted by Crippen LogP contribution is 2.32. The number of hydrogen-bond donors (Lipinski definition) is 1. The van der Waals surface area contributed by atoms with Gasteiger partial charge in [0, 0.05) is 13.0 Å². The van der Waals surface area contributed by atoms with Crippen LogP contribution < -0.4 is 0 Å². The Bertz CT molecular complexity index is 191. The van der Waals surface area contributed by atoms with Crippen molar-refractivity contribution in [1.29, 1.82) is 0 Å². The molecule has 0 saturated carbocycles. The molecule has 1 aliphatic rings. The highest BCUT2D eigenvalue weighted by Gasteiger charge is 2.35. The van der Waals surface area contributed by atoms with Crippen molar-refractivity contribution in [2.45, 2.75) is 77.4 Å². The maximum absolute atomic E-state index is 10.5. The first-order chi connectivity index (χ1) is 7.57. The Morgan fingerprint density at radius 3 is 2.69 bits per heavy atom. The molecule has 0 aromatic carbocycles. The van der Waals surface area contributed by atoms with Gasteiger partial charge in [-0.3, -0.25) is 0 Å². The summed E-state index contributed by atoms with van der Waals surface area (Å²) < 4.78 is 5.70. The Morgan fingerprint density at radius 2 is 2.06 bits per heavy atom. The van der Waals surface area contributed by atoms with Crippen LogP contribution in [0.4, 0.5) is 0 Å². The topological polar surface area (TPSA) is 29.5 Å². The van der Waals surface area contributed by atoms with E-state index < -0.39 is 5.60 Å². The quantitative estimate of drug-likeness (QED) is 0.705. The lowest BCUT2D eigenvalue weighted by Crippen LogP contribution is -2.42. The fourth-order valence-electron chi connectivity index (χ4n) is 2.47. The van der Waals surface area contributed by atoms with E-state index in [1.54, 1.807) is 0 Å². The van der Waals surface area contributed by atoms with Gasteiger partial charge >= 0.3 is 0 Å². The third-order valence-electron chi connectivity index (χ3n) is 3.72. The van der Waals surface area contributed by atoms with Crippen LogP contribution in [-0.2, 0) is 4.74 Å². The van der Waals surface area contributed by atoms with Crippen molar-refractivity contribution in [3.63, 3.8) is 0 Å². The second-order valence-corrected chi connectivity index (χ2v) is 5.64. The summed E-state index contributed by atoms with van der Waals surface area (Å²) in [6.45, 7) is 7.30. The van der Waals surface area contributed by atoms with E-state index in [2.05, 4.69) is 20.8 Å². The van der Waals surface area contributed by atoms with Gasteiger partial charge in [-0.05, 0) is 18.8 Å². The number of aliphatic hydroxyl groups is 1. The van der Waals surface area contributed by atoms with E-state index in [4.69, 9.17) is 4.74 Å². The molecule has 0 aromatic rings. The molecule has 2 nitrogen and oxygen atoms in total. The zero-order valence-electron chi connectivity index (χ0n) is 11.2. The maximum Gasteiger partial charge on any atom is 0.0694 e. The maximum atomic E-state index is 10.5. The summed E-state index contributed by atoms with van der Waals surface area (Å²) in [5, 5.41) is 10.5. The third kappa shape index (κ3) is 4.42. The molecular weight excluding hydrogens is 200 g/mol. The minimum absolute atomic E-state index is 0.255. The van der Waals surface area contributed by atoms with E-state index in [-0.39, 0.29) is 6.10 Å². The smallest absolute Gasteiger partial charge is 0.0694 e. The van der Waals surface area contributed by atoms with Crippen LogP contribution in [0.25, 0.3) is 0 Å². The first-order valence-electron chi connectivity index (χ1n) is 6.91.